The Morgan fingerprint density at radius 2 is 2.11 bits per heavy atom. The minimum Gasteiger partial charge on any atom is -0.493 e. The highest BCUT2D eigenvalue weighted by atomic mass is 16.5. The number of hydrogen-bond donors (Lipinski definition) is 0. The van der Waals surface area contributed by atoms with E-state index in [4.69, 9.17) is 4.74 Å². The van der Waals surface area contributed by atoms with Crippen LogP contribution in [-0.2, 0) is 6.42 Å². The average molecular weight is 244 g/mol. The van der Waals surface area contributed by atoms with Gasteiger partial charge in [-0.3, -0.25) is 0 Å². The van der Waals surface area contributed by atoms with Gasteiger partial charge < -0.3 is 9.64 Å². The normalized spacial score (nSPS) is 16.0. The van der Waals surface area contributed by atoms with E-state index in [9.17, 15) is 5.26 Å². The number of rotatable bonds is 3. The molecule has 0 saturated carbocycles. The summed E-state index contributed by atoms with van der Waals surface area (Å²) in [6.07, 6.45) is 0.969. The second kappa shape index (κ2) is 4.62. The van der Waals surface area contributed by atoms with Crippen molar-refractivity contribution in [3.63, 3.8) is 0 Å². The summed E-state index contributed by atoms with van der Waals surface area (Å²) in [5, 5.41) is 9.37. The second-order valence-electron chi connectivity index (χ2n) is 5.67. The monoisotopic (exact) mass is 244 g/mol. The molecule has 96 valence electrons. The molecule has 0 bridgehead atoms. The van der Waals surface area contributed by atoms with Gasteiger partial charge in [-0.15, -0.1) is 0 Å². The van der Waals surface area contributed by atoms with Crippen molar-refractivity contribution in [2.45, 2.75) is 26.3 Å². The molecule has 1 aromatic rings. The fourth-order valence-electron chi connectivity index (χ4n) is 2.80. The molecule has 1 atom stereocenters. The Balaban J connectivity index is 2.41. The third-order valence-corrected chi connectivity index (χ3v) is 3.52. The molecule has 3 nitrogen and oxygen atoms in total. The fourth-order valence-corrected chi connectivity index (χ4v) is 2.80. The van der Waals surface area contributed by atoms with E-state index in [2.05, 4.69) is 23.1 Å². The molecule has 0 saturated heterocycles. The van der Waals surface area contributed by atoms with E-state index < -0.39 is 5.41 Å². The number of nitriles is 1. The molecule has 0 fully saturated rings. The molecule has 0 aliphatic carbocycles. The maximum absolute atomic E-state index is 9.37. The van der Waals surface area contributed by atoms with Gasteiger partial charge in [0.05, 0.1) is 24.1 Å². The smallest absolute Gasteiger partial charge is 0.122 e. The van der Waals surface area contributed by atoms with Gasteiger partial charge in [-0.05, 0) is 45.1 Å². The lowest BCUT2D eigenvalue weighted by Crippen LogP contribution is -2.32. The van der Waals surface area contributed by atoms with Gasteiger partial charge in [0.2, 0.25) is 0 Å². The largest absolute Gasteiger partial charge is 0.493 e. The zero-order valence-corrected chi connectivity index (χ0v) is 11.5. The van der Waals surface area contributed by atoms with Crippen molar-refractivity contribution in [3.8, 4) is 11.8 Å². The zero-order valence-electron chi connectivity index (χ0n) is 11.5. The summed E-state index contributed by atoms with van der Waals surface area (Å²) in [7, 11) is 4.04. The van der Waals surface area contributed by atoms with Crippen LogP contribution in [-0.4, -0.2) is 25.6 Å². The quantitative estimate of drug-likeness (QED) is 0.820. The molecule has 1 aromatic carbocycles. The second-order valence-corrected chi connectivity index (χ2v) is 5.67. The topological polar surface area (TPSA) is 36.3 Å². The van der Waals surface area contributed by atoms with Crippen molar-refractivity contribution >= 4 is 0 Å². The van der Waals surface area contributed by atoms with Crippen LogP contribution >= 0.6 is 0 Å². The first kappa shape index (κ1) is 12.9. The van der Waals surface area contributed by atoms with E-state index in [0.717, 1.165) is 18.8 Å². The van der Waals surface area contributed by atoms with Gasteiger partial charge >= 0.3 is 0 Å². The third kappa shape index (κ3) is 2.21. The van der Waals surface area contributed by atoms with Crippen molar-refractivity contribution in [2.75, 3.05) is 20.7 Å². The Kier molecular flexibility index (Phi) is 3.32. The summed E-state index contributed by atoms with van der Waals surface area (Å²) in [5.41, 5.74) is 2.03. The van der Waals surface area contributed by atoms with Crippen LogP contribution in [0.15, 0.2) is 18.2 Å². The van der Waals surface area contributed by atoms with Crippen molar-refractivity contribution in [3.05, 3.63) is 29.3 Å². The van der Waals surface area contributed by atoms with Gasteiger partial charge in [0, 0.05) is 6.42 Å². The van der Waals surface area contributed by atoms with Crippen LogP contribution in [0.1, 0.15) is 31.0 Å². The summed E-state index contributed by atoms with van der Waals surface area (Å²) in [6, 6.07) is 8.80. The van der Waals surface area contributed by atoms with E-state index in [-0.39, 0.29) is 6.04 Å². The first-order valence-corrected chi connectivity index (χ1v) is 6.29. The molecule has 18 heavy (non-hydrogen) atoms. The van der Waals surface area contributed by atoms with Crippen LogP contribution in [0.5, 0.6) is 5.75 Å². The van der Waals surface area contributed by atoms with Crippen LogP contribution in [0.25, 0.3) is 0 Å². The molecule has 2 rings (SSSR count). The lowest BCUT2D eigenvalue weighted by molar-refractivity contribution is 0.185. The molecule has 1 unspecified atom stereocenters. The molecule has 1 aliphatic heterocycles. The SMILES string of the molecule is CN(C)C(c1ccc2c(c1)CCO2)C(C)(C)C#N. The summed E-state index contributed by atoms with van der Waals surface area (Å²) in [5.74, 6) is 0.992. The molecular weight excluding hydrogens is 224 g/mol. The molecule has 3 heteroatoms. The van der Waals surface area contributed by atoms with Gasteiger partial charge in [-0.1, -0.05) is 12.1 Å². The molecule has 0 spiro atoms. The highest BCUT2D eigenvalue weighted by molar-refractivity contribution is 5.41. The molecule has 0 amide bonds. The number of benzene rings is 1. The van der Waals surface area contributed by atoms with E-state index in [1.165, 1.54) is 11.1 Å². The fraction of sp³-hybridized carbons (Fsp3) is 0.533. The summed E-state index contributed by atoms with van der Waals surface area (Å²) in [4.78, 5) is 2.11. The van der Waals surface area contributed by atoms with Crippen LogP contribution < -0.4 is 4.74 Å². The van der Waals surface area contributed by atoms with Gasteiger partial charge in [0.25, 0.3) is 0 Å². The number of fused-ring (bicyclic) bond motifs is 1. The summed E-state index contributed by atoms with van der Waals surface area (Å²) >= 11 is 0. The minimum absolute atomic E-state index is 0.0911. The lowest BCUT2D eigenvalue weighted by Gasteiger charge is -2.34. The van der Waals surface area contributed by atoms with Gasteiger partial charge in [-0.25, -0.2) is 0 Å². The van der Waals surface area contributed by atoms with Crippen molar-refractivity contribution in [1.82, 2.24) is 4.90 Å². The highest BCUT2D eigenvalue weighted by Gasteiger charge is 2.33. The molecule has 0 N–H and O–H groups in total. The molecular formula is C15H20N2O. The van der Waals surface area contributed by atoms with E-state index in [1.807, 2.05) is 34.0 Å². The van der Waals surface area contributed by atoms with Crippen molar-refractivity contribution in [2.24, 2.45) is 5.41 Å². The molecule has 0 aromatic heterocycles. The highest BCUT2D eigenvalue weighted by Crippen LogP contribution is 2.38. The summed E-state index contributed by atoms with van der Waals surface area (Å²) < 4.78 is 5.53. The van der Waals surface area contributed by atoms with E-state index in [1.54, 1.807) is 0 Å². The van der Waals surface area contributed by atoms with Gasteiger partial charge in [0.1, 0.15) is 5.75 Å². The van der Waals surface area contributed by atoms with Crippen LogP contribution in [0, 0.1) is 16.7 Å². The Bertz CT molecular complexity index is 486. The maximum atomic E-state index is 9.37. The zero-order chi connectivity index (χ0) is 13.3. The first-order chi connectivity index (χ1) is 8.45. The Morgan fingerprint density at radius 3 is 2.72 bits per heavy atom. The van der Waals surface area contributed by atoms with E-state index in [0.29, 0.717) is 0 Å². The molecule has 0 radical (unpaired) electrons. The van der Waals surface area contributed by atoms with E-state index >= 15 is 0 Å². The molecule has 1 aliphatic rings. The Morgan fingerprint density at radius 1 is 1.39 bits per heavy atom. The van der Waals surface area contributed by atoms with Gasteiger partial charge in [0.15, 0.2) is 0 Å². The first-order valence-electron chi connectivity index (χ1n) is 6.29. The maximum Gasteiger partial charge on any atom is 0.122 e. The lowest BCUT2D eigenvalue weighted by atomic mass is 9.80. The minimum atomic E-state index is -0.419. The van der Waals surface area contributed by atoms with Gasteiger partial charge in [-0.2, -0.15) is 5.26 Å². The predicted octanol–water partition coefficient (Wildman–Crippen LogP) is 2.77. The Hall–Kier alpha value is -1.53. The Labute approximate surface area is 109 Å². The predicted molar refractivity (Wildman–Crippen MR) is 71.5 cm³/mol. The van der Waals surface area contributed by atoms with Crippen LogP contribution in [0.4, 0.5) is 0 Å². The van der Waals surface area contributed by atoms with Crippen molar-refractivity contribution in [1.29, 1.82) is 5.26 Å². The van der Waals surface area contributed by atoms with Crippen LogP contribution in [0.3, 0.4) is 0 Å². The van der Waals surface area contributed by atoms with Crippen LogP contribution in [0.2, 0.25) is 0 Å². The standard InChI is InChI=1S/C15H20N2O/c1-15(2,10-16)14(17(3)4)12-5-6-13-11(9-12)7-8-18-13/h5-6,9,14H,7-8H2,1-4H3. The molecule has 1 heterocycles. The summed E-state index contributed by atoms with van der Waals surface area (Å²) in [6.45, 7) is 4.75. The van der Waals surface area contributed by atoms with Crippen molar-refractivity contribution < 1.29 is 4.74 Å². The number of nitrogens with zero attached hydrogens (tertiary/aromatic N) is 2. The third-order valence-electron chi connectivity index (χ3n) is 3.52. The average Bonchev–Trinajstić information content (AvgIpc) is 2.75. The number of ether oxygens (including phenoxy) is 1. The number of hydrogen-bond acceptors (Lipinski definition) is 3.